The third kappa shape index (κ3) is 3.73. The largest absolute Gasteiger partial charge is 0.320 e. The van der Waals surface area contributed by atoms with E-state index in [2.05, 4.69) is 10.3 Å². The molecule has 0 unspecified atom stereocenters. The highest BCUT2D eigenvalue weighted by molar-refractivity contribution is 7.98. The maximum Gasteiger partial charge on any atom is 0.282 e. The van der Waals surface area contributed by atoms with Gasteiger partial charge in [0.15, 0.2) is 0 Å². The van der Waals surface area contributed by atoms with E-state index in [9.17, 15) is 14.9 Å². The highest BCUT2D eigenvalue weighted by Gasteiger charge is 2.21. The number of thioether (sulfide) groups is 1. The second kappa shape index (κ2) is 7.79. The Bertz CT molecular complexity index is 961. The van der Waals surface area contributed by atoms with Crippen LogP contribution in [0.15, 0.2) is 71.9 Å². The molecule has 1 N–H and O–H groups in total. The smallest absolute Gasteiger partial charge is 0.282 e. The summed E-state index contributed by atoms with van der Waals surface area (Å²) in [5, 5.41) is 14.0. The molecule has 3 rings (SSSR count). The van der Waals surface area contributed by atoms with Crippen LogP contribution in [-0.4, -0.2) is 22.1 Å². The fourth-order valence-corrected chi connectivity index (χ4v) is 2.98. The SMILES string of the molecule is CSc1ccc([N+](=O)[O-])c(C(=O)Nc2cnccc2-c2ccccc2)c1. The average Bonchev–Trinajstić information content (AvgIpc) is 2.68. The minimum absolute atomic E-state index is 0.0183. The summed E-state index contributed by atoms with van der Waals surface area (Å²) < 4.78 is 0. The lowest BCUT2D eigenvalue weighted by molar-refractivity contribution is -0.385. The van der Waals surface area contributed by atoms with Crippen LogP contribution >= 0.6 is 11.8 Å². The molecule has 6 nitrogen and oxygen atoms in total. The van der Waals surface area contributed by atoms with Crippen LogP contribution in [0.3, 0.4) is 0 Å². The van der Waals surface area contributed by atoms with Gasteiger partial charge in [-0.05, 0) is 30.0 Å². The van der Waals surface area contributed by atoms with Crippen molar-refractivity contribution in [3.05, 3.63) is 82.7 Å². The number of carbonyl (C=O) groups is 1. The van der Waals surface area contributed by atoms with Crippen LogP contribution in [0.25, 0.3) is 11.1 Å². The lowest BCUT2D eigenvalue weighted by Gasteiger charge is -2.11. The second-order valence-corrected chi connectivity index (χ2v) is 6.26. The number of pyridine rings is 1. The van der Waals surface area contributed by atoms with Crippen LogP contribution in [0.5, 0.6) is 0 Å². The van der Waals surface area contributed by atoms with Gasteiger partial charge < -0.3 is 5.32 Å². The molecule has 7 heteroatoms. The van der Waals surface area contributed by atoms with Crippen molar-refractivity contribution in [3.8, 4) is 11.1 Å². The fourth-order valence-electron chi connectivity index (χ4n) is 2.54. The van der Waals surface area contributed by atoms with Crippen molar-refractivity contribution in [3.63, 3.8) is 0 Å². The number of nitrogens with zero attached hydrogens (tertiary/aromatic N) is 2. The van der Waals surface area contributed by atoms with E-state index in [4.69, 9.17) is 0 Å². The molecule has 0 aliphatic rings. The normalized spacial score (nSPS) is 10.3. The molecule has 0 fully saturated rings. The Morgan fingerprint density at radius 2 is 1.92 bits per heavy atom. The number of hydrogen-bond donors (Lipinski definition) is 1. The molecular weight excluding hydrogens is 350 g/mol. The number of amides is 1. The summed E-state index contributed by atoms with van der Waals surface area (Å²) in [4.78, 5) is 28.3. The second-order valence-electron chi connectivity index (χ2n) is 5.38. The van der Waals surface area contributed by atoms with Crippen LogP contribution in [-0.2, 0) is 0 Å². The molecule has 0 saturated carbocycles. The lowest BCUT2D eigenvalue weighted by Crippen LogP contribution is -2.15. The van der Waals surface area contributed by atoms with E-state index in [0.29, 0.717) is 5.69 Å². The number of hydrogen-bond acceptors (Lipinski definition) is 5. The number of benzene rings is 2. The first-order valence-corrected chi connectivity index (χ1v) is 8.96. The number of nitrogens with one attached hydrogen (secondary N) is 1. The highest BCUT2D eigenvalue weighted by Crippen LogP contribution is 2.29. The van der Waals surface area contributed by atoms with E-state index in [-0.39, 0.29) is 11.3 Å². The first-order chi connectivity index (χ1) is 12.6. The molecule has 26 heavy (non-hydrogen) atoms. The van der Waals surface area contributed by atoms with Crippen molar-refractivity contribution in [1.82, 2.24) is 4.98 Å². The highest BCUT2D eigenvalue weighted by atomic mass is 32.2. The first kappa shape index (κ1) is 17.6. The standard InChI is InChI=1S/C19H15N3O3S/c1-26-14-7-8-18(22(24)25)16(11-14)19(23)21-17-12-20-10-9-15(17)13-5-3-2-4-6-13/h2-12H,1H3,(H,21,23). The van der Waals surface area contributed by atoms with Gasteiger partial charge in [0.1, 0.15) is 5.56 Å². The Kier molecular flexibility index (Phi) is 5.28. The summed E-state index contributed by atoms with van der Waals surface area (Å²) >= 11 is 1.41. The molecule has 0 saturated heterocycles. The Hall–Kier alpha value is -3.19. The van der Waals surface area contributed by atoms with E-state index in [1.165, 1.54) is 30.1 Å². The van der Waals surface area contributed by atoms with E-state index < -0.39 is 10.8 Å². The Morgan fingerprint density at radius 3 is 2.62 bits per heavy atom. The average molecular weight is 365 g/mol. The molecule has 1 amide bonds. The van der Waals surface area contributed by atoms with Gasteiger partial charge in [-0.1, -0.05) is 30.3 Å². The maximum absolute atomic E-state index is 12.7. The maximum atomic E-state index is 12.7. The molecule has 0 bridgehead atoms. The predicted octanol–water partition coefficient (Wildman–Crippen LogP) is 4.63. The Labute approximate surface area is 154 Å². The van der Waals surface area contributed by atoms with Gasteiger partial charge in [0.2, 0.25) is 0 Å². The first-order valence-electron chi connectivity index (χ1n) is 7.73. The molecule has 0 radical (unpaired) electrons. The minimum Gasteiger partial charge on any atom is -0.320 e. The summed E-state index contributed by atoms with van der Waals surface area (Å²) in [6, 6.07) is 15.8. The fraction of sp³-hybridized carbons (Fsp3) is 0.0526. The predicted molar refractivity (Wildman–Crippen MR) is 103 cm³/mol. The summed E-state index contributed by atoms with van der Waals surface area (Å²) in [6.07, 6.45) is 5.01. The van der Waals surface area contributed by atoms with Crippen molar-refractivity contribution < 1.29 is 9.72 Å². The summed E-state index contributed by atoms with van der Waals surface area (Å²) in [6.45, 7) is 0. The van der Waals surface area contributed by atoms with Gasteiger partial charge in [0.25, 0.3) is 11.6 Å². The lowest BCUT2D eigenvalue weighted by atomic mass is 10.1. The molecule has 130 valence electrons. The zero-order chi connectivity index (χ0) is 18.5. The zero-order valence-electron chi connectivity index (χ0n) is 13.9. The third-order valence-corrected chi connectivity index (χ3v) is 4.52. The van der Waals surface area contributed by atoms with Gasteiger partial charge in [0, 0.05) is 22.7 Å². The van der Waals surface area contributed by atoms with Crippen molar-refractivity contribution >= 4 is 29.0 Å². The summed E-state index contributed by atoms with van der Waals surface area (Å²) in [7, 11) is 0. The number of rotatable bonds is 5. The van der Waals surface area contributed by atoms with Crippen LogP contribution in [0.2, 0.25) is 0 Å². The molecule has 0 aliphatic heterocycles. The molecule has 1 heterocycles. The molecule has 3 aromatic rings. The van der Waals surface area contributed by atoms with E-state index >= 15 is 0 Å². The Balaban J connectivity index is 1.99. The minimum atomic E-state index is -0.555. The molecule has 2 aromatic carbocycles. The molecule has 0 spiro atoms. The topological polar surface area (TPSA) is 85.1 Å². The zero-order valence-corrected chi connectivity index (χ0v) is 14.7. The van der Waals surface area contributed by atoms with Crippen molar-refractivity contribution in [2.24, 2.45) is 0 Å². The molecule has 0 aliphatic carbocycles. The third-order valence-electron chi connectivity index (χ3n) is 3.80. The van der Waals surface area contributed by atoms with Gasteiger partial charge in [-0.25, -0.2) is 0 Å². The number of nitro groups is 1. The number of nitro benzene ring substituents is 1. The van der Waals surface area contributed by atoms with Crippen molar-refractivity contribution in [2.45, 2.75) is 4.90 Å². The summed E-state index contributed by atoms with van der Waals surface area (Å²) in [5.74, 6) is -0.544. The van der Waals surface area contributed by atoms with E-state index in [1.54, 1.807) is 18.3 Å². The van der Waals surface area contributed by atoms with Gasteiger partial charge in [-0.2, -0.15) is 0 Å². The molecular formula is C19H15N3O3S. The van der Waals surface area contributed by atoms with Crippen molar-refractivity contribution in [2.75, 3.05) is 11.6 Å². The van der Waals surface area contributed by atoms with Crippen LogP contribution in [0, 0.1) is 10.1 Å². The van der Waals surface area contributed by atoms with Crippen LogP contribution in [0.4, 0.5) is 11.4 Å². The van der Waals surface area contributed by atoms with Gasteiger partial charge in [-0.3, -0.25) is 19.9 Å². The van der Waals surface area contributed by atoms with E-state index in [0.717, 1.165) is 16.0 Å². The number of anilines is 1. The number of aromatic nitrogens is 1. The van der Waals surface area contributed by atoms with Gasteiger partial charge in [0.05, 0.1) is 16.8 Å². The monoisotopic (exact) mass is 365 g/mol. The Morgan fingerprint density at radius 1 is 1.15 bits per heavy atom. The van der Waals surface area contributed by atoms with Crippen LogP contribution < -0.4 is 5.32 Å². The molecule has 0 atom stereocenters. The van der Waals surface area contributed by atoms with E-state index in [1.807, 2.05) is 36.6 Å². The van der Waals surface area contributed by atoms with Crippen LogP contribution in [0.1, 0.15) is 10.4 Å². The van der Waals surface area contributed by atoms with Gasteiger partial charge in [-0.15, -0.1) is 11.8 Å². The van der Waals surface area contributed by atoms with Crippen molar-refractivity contribution in [1.29, 1.82) is 0 Å². The van der Waals surface area contributed by atoms with Gasteiger partial charge >= 0.3 is 0 Å². The summed E-state index contributed by atoms with van der Waals surface area (Å²) in [5.41, 5.74) is 1.98. The number of carbonyl (C=O) groups excluding carboxylic acids is 1. The molecule has 1 aromatic heterocycles. The quantitative estimate of drug-likeness (QED) is 0.405.